The van der Waals surface area contributed by atoms with E-state index in [-0.39, 0.29) is 12.5 Å². The van der Waals surface area contributed by atoms with E-state index in [2.05, 4.69) is 5.32 Å². The Labute approximate surface area is 132 Å². The molecular weight excluding hydrogens is 284 g/mol. The molecule has 0 aromatic heterocycles. The molecule has 0 aromatic rings. The number of carbonyl (C=O) groups excluding carboxylic acids is 1. The highest BCUT2D eigenvalue weighted by Gasteiger charge is 2.31. The minimum atomic E-state index is -0.828. The minimum Gasteiger partial charge on any atom is -0.480 e. The second kappa shape index (κ2) is 9.10. The maximum Gasteiger partial charge on any atom is 0.320 e. The van der Waals surface area contributed by atoms with Crippen LogP contribution in [0.5, 0.6) is 0 Å². The molecule has 22 heavy (non-hydrogen) atoms. The number of likely N-dealkylation sites (tertiary alicyclic amines) is 1. The van der Waals surface area contributed by atoms with Crippen LogP contribution in [-0.2, 0) is 14.3 Å². The van der Waals surface area contributed by atoms with Gasteiger partial charge in [0.25, 0.3) is 0 Å². The molecule has 1 amide bonds. The average Bonchev–Trinajstić information content (AvgIpc) is 2.96. The Kier molecular flexibility index (Phi) is 7.12. The lowest BCUT2D eigenvalue weighted by atomic mass is 9.98. The quantitative estimate of drug-likeness (QED) is 0.662. The van der Waals surface area contributed by atoms with Gasteiger partial charge in [-0.2, -0.15) is 0 Å². The molecule has 1 atom stereocenters. The number of carboxylic acid groups (broad SMARTS) is 1. The smallest absolute Gasteiger partial charge is 0.320 e. The van der Waals surface area contributed by atoms with Gasteiger partial charge in [-0.1, -0.05) is 19.3 Å². The fraction of sp³-hybridized carbons (Fsp3) is 0.875. The second-order valence-electron chi connectivity index (χ2n) is 6.30. The minimum absolute atomic E-state index is 0.0918. The van der Waals surface area contributed by atoms with E-state index in [1.807, 2.05) is 0 Å². The summed E-state index contributed by atoms with van der Waals surface area (Å²) in [5.41, 5.74) is 0. The van der Waals surface area contributed by atoms with Gasteiger partial charge in [0.05, 0.1) is 12.6 Å². The summed E-state index contributed by atoms with van der Waals surface area (Å²) in [4.78, 5) is 24.6. The summed E-state index contributed by atoms with van der Waals surface area (Å²) in [6, 6.07) is -0.500. The molecule has 1 saturated heterocycles. The Morgan fingerprint density at radius 3 is 2.64 bits per heavy atom. The van der Waals surface area contributed by atoms with Crippen LogP contribution in [0.2, 0.25) is 0 Å². The van der Waals surface area contributed by atoms with Gasteiger partial charge >= 0.3 is 5.97 Å². The summed E-state index contributed by atoms with van der Waals surface area (Å²) in [6.45, 7) is 2.15. The summed E-state index contributed by atoms with van der Waals surface area (Å²) in [6.07, 6.45) is 8.89. The van der Waals surface area contributed by atoms with Crippen LogP contribution in [0.1, 0.15) is 51.4 Å². The summed E-state index contributed by atoms with van der Waals surface area (Å²) < 4.78 is 5.81. The Hall–Kier alpha value is -1.14. The number of nitrogens with zero attached hydrogens (tertiary/aromatic N) is 1. The number of amides is 1. The van der Waals surface area contributed by atoms with Gasteiger partial charge < -0.3 is 15.2 Å². The molecule has 2 fully saturated rings. The van der Waals surface area contributed by atoms with Crippen molar-refractivity contribution in [2.24, 2.45) is 0 Å². The van der Waals surface area contributed by atoms with E-state index >= 15 is 0 Å². The predicted molar refractivity (Wildman–Crippen MR) is 82.7 cm³/mol. The highest BCUT2D eigenvalue weighted by atomic mass is 16.5. The van der Waals surface area contributed by atoms with Crippen LogP contribution in [0.4, 0.5) is 0 Å². The zero-order valence-corrected chi connectivity index (χ0v) is 13.3. The van der Waals surface area contributed by atoms with Crippen LogP contribution < -0.4 is 5.32 Å². The molecule has 126 valence electrons. The third-order valence-electron chi connectivity index (χ3n) is 4.54. The first-order chi connectivity index (χ1) is 10.7. The molecule has 2 N–H and O–H groups in total. The lowest BCUT2D eigenvalue weighted by Crippen LogP contribution is -2.43. The van der Waals surface area contributed by atoms with Gasteiger partial charge in [0.15, 0.2) is 0 Å². The molecule has 1 saturated carbocycles. The Balaban J connectivity index is 1.53. The third-order valence-corrected chi connectivity index (χ3v) is 4.54. The Morgan fingerprint density at radius 2 is 1.91 bits per heavy atom. The zero-order chi connectivity index (χ0) is 15.8. The van der Waals surface area contributed by atoms with E-state index in [0.29, 0.717) is 32.2 Å². The zero-order valence-electron chi connectivity index (χ0n) is 13.3. The summed E-state index contributed by atoms with van der Waals surface area (Å²) in [5.74, 6) is -0.919. The molecule has 0 radical (unpaired) electrons. The first-order valence-electron chi connectivity index (χ1n) is 8.52. The van der Waals surface area contributed by atoms with Crippen molar-refractivity contribution in [3.05, 3.63) is 0 Å². The van der Waals surface area contributed by atoms with E-state index in [0.717, 1.165) is 25.7 Å². The van der Waals surface area contributed by atoms with Crippen LogP contribution in [0.15, 0.2) is 0 Å². The monoisotopic (exact) mass is 312 g/mol. The molecule has 0 bridgehead atoms. The van der Waals surface area contributed by atoms with Crippen molar-refractivity contribution in [1.29, 1.82) is 0 Å². The van der Waals surface area contributed by atoms with E-state index in [1.165, 1.54) is 19.3 Å². The first kappa shape index (κ1) is 17.2. The number of hydrogen-bond donors (Lipinski definition) is 2. The van der Waals surface area contributed by atoms with Gasteiger partial charge in [0.1, 0.15) is 6.04 Å². The molecule has 2 rings (SSSR count). The summed E-state index contributed by atoms with van der Waals surface area (Å²) >= 11 is 0. The van der Waals surface area contributed by atoms with Gasteiger partial charge in [-0.15, -0.1) is 0 Å². The van der Waals surface area contributed by atoms with Crippen molar-refractivity contribution >= 4 is 11.9 Å². The molecule has 1 aliphatic carbocycles. The lowest BCUT2D eigenvalue weighted by molar-refractivity contribution is -0.142. The van der Waals surface area contributed by atoms with E-state index in [1.54, 1.807) is 4.90 Å². The van der Waals surface area contributed by atoms with Gasteiger partial charge in [-0.25, -0.2) is 0 Å². The Bertz CT molecular complexity index is 369. The van der Waals surface area contributed by atoms with Crippen molar-refractivity contribution in [3.63, 3.8) is 0 Å². The molecule has 1 aliphatic heterocycles. The largest absolute Gasteiger partial charge is 0.480 e. The first-order valence-corrected chi connectivity index (χ1v) is 8.52. The van der Waals surface area contributed by atoms with E-state index < -0.39 is 12.0 Å². The van der Waals surface area contributed by atoms with E-state index in [4.69, 9.17) is 9.84 Å². The number of aliphatic carboxylic acids is 1. The third kappa shape index (κ3) is 5.57. The highest BCUT2D eigenvalue weighted by Crippen LogP contribution is 2.20. The van der Waals surface area contributed by atoms with E-state index in [9.17, 15) is 9.59 Å². The van der Waals surface area contributed by atoms with Gasteiger partial charge in [0.2, 0.25) is 5.91 Å². The molecule has 1 heterocycles. The molecule has 2 aliphatic rings. The second-order valence-corrected chi connectivity index (χ2v) is 6.30. The maximum atomic E-state index is 11.8. The maximum absolute atomic E-state index is 11.8. The number of rotatable bonds is 8. The van der Waals surface area contributed by atoms with Crippen LogP contribution >= 0.6 is 0 Å². The number of carbonyl (C=O) groups is 2. The standard InChI is InChI=1S/C16H28N2O4/c19-15(12-18-10-4-8-14(18)16(20)21)17-9-5-11-22-13-6-2-1-3-7-13/h13-14H,1-12H2,(H,17,19)(H,20,21). The summed E-state index contributed by atoms with van der Waals surface area (Å²) in [7, 11) is 0. The highest BCUT2D eigenvalue weighted by molar-refractivity contribution is 5.80. The summed E-state index contributed by atoms with van der Waals surface area (Å²) in [5, 5.41) is 11.9. The molecule has 0 aromatic carbocycles. The normalized spacial score (nSPS) is 23.5. The molecule has 6 nitrogen and oxygen atoms in total. The van der Waals surface area contributed by atoms with Gasteiger partial charge in [-0.05, 0) is 38.6 Å². The van der Waals surface area contributed by atoms with Crippen molar-refractivity contribution in [2.75, 3.05) is 26.2 Å². The van der Waals surface area contributed by atoms with Crippen LogP contribution in [-0.4, -0.2) is 60.3 Å². The molecule has 6 heteroatoms. The molecule has 1 unspecified atom stereocenters. The van der Waals surface area contributed by atoms with Crippen molar-refractivity contribution in [1.82, 2.24) is 10.2 Å². The van der Waals surface area contributed by atoms with Gasteiger partial charge in [0, 0.05) is 13.2 Å². The number of ether oxygens (including phenoxy) is 1. The Morgan fingerprint density at radius 1 is 1.14 bits per heavy atom. The molecule has 0 spiro atoms. The fourth-order valence-electron chi connectivity index (χ4n) is 3.32. The number of carboxylic acids is 1. The number of nitrogens with one attached hydrogen (secondary N) is 1. The SMILES string of the molecule is O=C(CN1CCCC1C(=O)O)NCCCOC1CCCCC1. The van der Waals surface area contributed by atoms with Gasteiger partial charge in [-0.3, -0.25) is 14.5 Å². The van der Waals surface area contributed by atoms with Crippen molar-refractivity contribution in [2.45, 2.75) is 63.5 Å². The van der Waals surface area contributed by atoms with Crippen LogP contribution in [0.3, 0.4) is 0 Å². The van der Waals surface area contributed by atoms with Crippen LogP contribution in [0, 0.1) is 0 Å². The van der Waals surface area contributed by atoms with Crippen molar-refractivity contribution < 1.29 is 19.4 Å². The lowest BCUT2D eigenvalue weighted by Gasteiger charge is -2.22. The van der Waals surface area contributed by atoms with Crippen LogP contribution in [0.25, 0.3) is 0 Å². The number of hydrogen-bond acceptors (Lipinski definition) is 4. The molecular formula is C16H28N2O4. The fourth-order valence-corrected chi connectivity index (χ4v) is 3.32. The average molecular weight is 312 g/mol. The topological polar surface area (TPSA) is 78.9 Å². The predicted octanol–water partition coefficient (Wildman–Crippen LogP) is 1.39. The van der Waals surface area contributed by atoms with Crippen molar-refractivity contribution in [3.8, 4) is 0 Å².